The van der Waals surface area contributed by atoms with E-state index in [1.54, 1.807) is 6.07 Å². The zero-order valence-electron chi connectivity index (χ0n) is 7.24. The van der Waals surface area contributed by atoms with E-state index in [-0.39, 0.29) is 0 Å². The molecule has 0 aliphatic heterocycles. The van der Waals surface area contributed by atoms with E-state index in [4.69, 9.17) is 11.6 Å². The highest BCUT2D eigenvalue weighted by Crippen LogP contribution is 2.28. The molecule has 2 aromatic rings. The summed E-state index contributed by atoms with van der Waals surface area (Å²) in [5.74, 6) is 0. The van der Waals surface area contributed by atoms with Crippen LogP contribution in [0.15, 0.2) is 42.5 Å². The predicted octanol–water partition coefficient (Wildman–Crippen LogP) is 3.79. The molecule has 0 saturated heterocycles. The van der Waals surface area contributed by atoms with E-state index < -0.39 is 5.24 Å². The number of carbonyl (C=O) groups is 1. The van der Waals surface area contributed by atoms with E-state index in [9.17, 15) is 4.79 Å². The molecule has 0 fully saturated rings. The van der Waals surface area contributed by atoms with Crippen LogP contribution >= 0.6 is 22.9 Å². The van der Waals surface area contributed by atoms with Crippen molar-refractivity contribution >= 4 is 28.2 Å². The van der Waals surface area contributed by atoms with E-state index in [0.717, 1.165) is 10.4 Å². The van der Waals surface area contributed by atoms with Crippen LogP contribution < -0.4 is 0 Å². The predicted molar refractivity (Wildman–Crippen MR) is 59.9 cm³/mol. The van der Waals surface area contributed by atoms with Crippen LogP contribution in [0.5, 0.6) is 0 Å². The first-order chi connectivity index (χ1) is 6.77. The lowest BCUT2D eigenvalue weighted by Crippen LogP contribution is -1.78. The molecular weight excluding hydrogens is 216 g/mol. The topological polar surface area (TPSA) is 17.1 Å². The Kier molecular flexibility index (Phi) is 2.66. The summed E-state index contributed by atoms with van der Waals surface area (Å²) in [6.45, 7) is 0. The van der Waals surface area contributed by atoms with Gasteiger partial charge in [0.25, 0.3) is 5.24 Å². The molecule has 0 aliphatic rings. The second kappa shape index (κ2) is 3.95. The largest absolute Gasteiger partial charge is 0.275 e. The molecule has 0 amide bonds. The molecular formula is C11H7ClOS. The Bertz CT molecular complexity index is 447. The van der Waals surface area contributed by atoms with Crippen molar-refractivity contribution < 1.29 is 4.79 Å². The van der Waals surface area contributed by atoms with E-state index in [2.05, 4.69) is 0 Å². The van der Waals surface area contributed by atoms with Crippen molar-refractivity contribution in [3.05, 3.63) is 47.3 Å². The van der Waals surface area contributed by atoms with E-state index in [1.807, 2.05) is 36.4 Å². The van der Waals surface area contributed by atoms with Crippen molar-refractivity contribution in [1.29, 1.82) is 0 Å². The lowest BCUT2D eigenvalue weighted by Gasteiger charge is -1.93. The molecule has 0 aliphatic carbocycles. The Morgan fingerprint density at radius 1 is 1.07 bits per heavy atom. The van der Waals surface area contributed by atoms with E-state index in [0.29, 0.717) is 4.88 Å². The SMILES string of the molecule is O=C(Cl)c1ccc(-c2ccccc2)s1. The van der Waals surface area contributed by atoms with Crippen molar-refractivity contribution in [3.8, 4) is 10.4 Å². The van der Waals surface area contributed by atoms with Gasteiger partial charge >= 0.3 is 0 Å². The van der Waals surface area contributed by atoms with Gasteiger partial charge < -0.3 is 0 Å². The van der Waals surface area contributed by atoms with Gasteiger partial charge in [-0.2, -0.15) is 0 Å². The fraction of sp³-hybridized carbons (Fsp3) is 0. The molecule has 1 nitrogen and oxygen atoms in total. The Morgan fingerprint density at radius 2 is 1.79 bits per heavy atom. The minimum atomic E-state index is -0.391. The minimum absolute atomic E-state index is 0.391. The summed E-state index contributed by atoms with van der Waals surface area (Å²) in [4.78, 5) is 12.5. The molecule has 1 aromatic carbocycles. The van der Waals surface area contributed by atoms with Crippen molar-refractivity contribution in [3.63, 3.8) is 0 Å². The van der Waals surface area contributed by atoms with Gasteiger partial charge in [-0.3, -0.25) is 4.79 Å². The van der Waals surface area contributed by atoms with Crippen LogP contribution in [0, 0.1) is 0 Å². The number of benzene rings is 1. The number of thiophene rings is 1. The first-order valence-corrected chi connectivity index (χ1v) is 5.32. The number of hydrogen-bond donors (Lipinski definition) is 0. The number of hydrogen-bond acceptors (Lipinski definition) is 2. The summed E-state index contributed by atoms with van der Waals surface area (Å²) in [5, 5.41) is -0.391. The molecule has 0 saturated carbocycles. The molecule has 0 spiro atoms. The lowest BCUT2D eigenvalue weighted by atomic mass is 10.2. The Morgan fingerprint density at radius 3 is 2.36 bits per heavy atom. The average molecular weight is 223 g/mol. The average Bonchev–Trinajstić information content (AvgIpc) is 2.68. The molecule has 70 valence electrons. The van der Waals surface area contributed by atoms with Gasteiger partial charge in [0.15, 0.2) is 0 Å². The molecule has 0 unspecified atom stereocenters. The summed E-state index contributed by atoms with van der Waals surface area (Å²) in [6.07, 6.45) is 0. The van der Waals surface area contributed by atoms with Crippen LogP contribution in [0.2, 0.25) is 0 Å². The van der Waals surface area contributed by atoms with E-state index >= 15 is 0 Å². The second-order valence-corrected chi connectivity index (χ2v) is 4.23. The highest BCUT2D eigenvalue weighted by molar-refractivity contribution is 7.18. The van der Waals surface area contributed by atoms with Gasteiger partial charge in [0.05, 0.1) is 4.88 Å². The summed E-state index contributed by atoms with van der Waals surface area (Å²) >= 11 is 6.79. The van der Waals surface area contributed by atoms with Crippen LogP contribution in [-0.2, 0) is 0 Å². The molecule has 14 heavy (non-hydrogen) atoms. The van der Waals surface area contributed by atoms with Crippen LogP contribution in [0.1, 0.15) is 9.67 Å². The summed E-state index contributed by atoms with van der Waals surface area (Å²) in [7, 11) is 0. The van der Waals surface area contributed by atoms with Crippen LogP contribution in [0.25, 0.3) is 10.4 Å². The van der Waals surface area contributed by atoms with Gasteiger partial charge in [0, 0.05) is 4.88 Å². The molecule has 1 heterocycles. The standard InChI is InChI=1S/C11H7ClOS/c12-11(13)10-7-6-9(14-10)8-4-2-1-3-5-8/h1-7H. The third-order valence-corrected chi connectivity index (χ3v) is 3.31. The Labute approximate surface area is 91.0 Å². The normalized spacial score (nSPS) is 10.1. The molecule has 2 rings (SSSR count). The fourth-order valence-corrected chi connectivity index (χ4v) is 2.22. The first kappa shape index (κ1) is 9.44. The molecule has 1 aromatic heterocycles. The molecule has 0 radical (unpaired) electrons. The number of rotatable bonds is 2. The summed E-state index contributed by atoms with van der Waals surface area (Å²) in [6, 6.07) is 13.6. The molecule has 0 atom stereocenters. The van der Waals surface area contributed by atoms with E-state index in [1.165, 1.54) is 11.3 Å². The zero-order chi connectivity index (χ0) is 9.97. The van der Waals surface area contributed by atoms with Crippen molar-refractivity contribution in [2.75, 3.05) is 0 Å². The minimum Gasteiger partial charge on any atom is -0.275 e. The number of halogens is 1. The first-order valence-electron chi connectivity index (χ1n) is 4.12. The summed E-state index contributed by atoms with van der Waals surface area (Å²) in [5.41, 5.74) is 1.11. The third-order valence-electron chi connectivity index (χ3n) is 1.86. The van der Waals surface area contributed by atoms with Crippen molar-refractivity contribution in [2.45, 2.75) is 0 Å². The van der Waals surface area contributed by atoms with Gasteiger partial charge in [0.2, 0.25) is 0 Å². The number of carbonyl (C=O) groups excluding carboxylic acids is 1. The maximum atomic E-state index is 10.9. The quantitative estimate of drug-likeness (QED) is 0.707. The zero-order valence-corrected chi connectivity index (χ0v) is 8.81. The van der Waals surface area contributed by atoms with Crippen molar-refractivity contribution in [2.24, 2.45) is 0 Å². The summed E-state index contributed by atoms with van der Waals surface area (Å²) < 4.78 is 0. The smallest absolute Gasteiger partial charge is 0.262 e. The Hall–Kier alpha value is -1.12. The Balaban J connectivity index is 2.39. The van der Waals surface area contributed by atoms with Gasteiger partial charge in [-0.1, -0.05) is 30.3 Å². The van der Waals surface area contributed by atoms with Crippen LogP contribution in [-0.4, -0.2) is 5.24 Å². The fourth-order valence-electron chi connectivity index (χ4n) is 1.20. The van der Waals surface area contributed by atoms with Gasteiger partial charge in [-0.25, -0.2) is 0 Å². The molecule has 3 heteroatoms. The van der Waals surface area contributed by atoms with Crippen molar-refractivity contribution in [1.82, 2.24) is 0 Å². The molecule has 0 bridgehead atoms. The van der Waals surface area contributed by atoms with Gasteiger partial charge in [0.1, 0.15) is 0 Å². The maximum absolute atomic E-state index is 10.9. The second-order valence-electron chi connectivity index (χ2n) is 2.80. The lowest BCUT2D eigenvalue weighted by molar-refractivity contribution is 0.108. The monoisotopic (exact) mass is 222 g/mol. The van der Waals surface area contributed by atoms with Gasteiger partial charge in [-0.15, -0.1) is 11.3 Å². The third kappa shape index (κ3) is 1.86. The molecule has 0 N–H and O–H groups in total. The van der Waals surface area contributed by atoms with Gasteiger partial charge in [-0.05, 0) is 29.3 Å². The maximum Gasteiger partial charge on any atom is 0.262 e. The van der Waals surface area contributed by atoms with Crippen LogP contribution in [0.3, 0.4) is 0 Å². The highest BCUT2D eigenvalue weighted by atomic mass is 35.5. The van der Waals surface area contributed by atoms with Crippen LogP contribution in [0.4, 0.5) is 0 Å². The highest BCUT2D eigenvalue weighted by Gasteiger charge is 2.06.